The lowest BCUT2D eigenvalue weighted by Crippen LogP contribution is -2.51. The zero-order chi connectivity index (χ0) is 22.7. The highest BCUT2D eigenvalue weighted by Gasteiger charge is 2.23. The number of piperazine rings is 1. The predicted octanol–water partition coefficient (Wildman–Crippen LogP) is 1.18. The van der Waals surface area contributed by atoms with Gasteiger partial charge in [-0.3, -0.25) is 19.6 Å². The lowest BCUT2D eigenvalue weighted by molar-refractivity contribution is -0.132. The van der Waals surface area contributed by atoms with E-state index in [2.05, 4.69) is 26.3 Å². The fourth-order valence-corrected chi connectivity index (χ4v) is 3.82. The Labute approximate surface area is 187 Å². The Morgan fingerprint density at radius 3 is 2.47 bits per heavy atom. The van der Waals surface area contributed by atoms with Crippen LogP contribution in [0.2, 0.25) is 0 Å². The van der Waals surface area contributed by atoms with E-state index in [1.54, 1.807) is 12.4 Å². The van der Waals surface area contributed by atoms with Gasteiger partial charge in [-0.1, -0.05) is 0 Å². The van der Waals surface area contributed by atoms with Gasteiger partial charge in [0.25, 0.3) is 5.91 Å². The zero-order valence-corrected chi connectivity index (χ0v) is 18.8. The van der Waals surface area contributed by atoms with Crippen molar-refractivity contribution < 1.29 is 9.59 Å². The normalized spacial score (nSPS) is 14.2. The Hall–Kier alpha value is -3.46. The van der Waals surface area contributed by atoms with Crippen LogP contribution in [0.5, 0.6) is 0 Å². The minimum absolute atomic E-state index is 0.159. The van der Waals surface area contributed by atoms with Gasteiger partial charge in [0, 0.05) is 44.1 Å². The summed E-state index contributed by atoms with van der Waals surface area (Å²) in [5.74, 6) is 1.03. The number of pyridine rings is 1. The molecule has 1 aliphatic rings. The van der Waals surface area contributed by atoms with Gasteiger partial charge < -0.3 is 24.4 Å². The monoisotopic (exact) mass is 435 g/mol. The predicted molar refractivity (Wildman–Crippen MR) is 123 cm³/mol. The quantitative estimate of drug-likeness (QED) is 0.626. The summed E-state index contributed by atoms with van der Waals surface area (Å²) in [6.07, 6.45) is 5.23. The summed E-state index contributed by atoms with van der Waals surface area (Å²) < 4.78 is 2.04. The highest BCUT2D eigenvalue weighted by Crippen LogP contribution is 2.22. The molecule has 0 bridgehead atoms. The molecular weight excluding hydrogens is 406 g/mol. The molecule has 0 aliphatic carbocycles. The fraction of sp³-hybridized carbons (Fsp3) is 0.391. The van der Waals surface area contributed by atoms with Crippen molar-refractivity contribution in [3.05, 3.63) is 59.8 Å². The van der Waals surface area contributed by atoms with Gasteiger partial charge in [-0.05, 0) is 45.3 Å². The molecule has 32 heavy (non-hydrogen) atoms. The number of carbonyl (C=O) groups is 2. The summed E-state index contributed by atoms with van der Waals surface area (Å²) in [5, 5.41) is 2.91. The molecule has 3 aromatic heterocycles. The molecule has 4 heterocycles. The Bertz CT molecular complexity index is 1100. The molecule has 3 aromatic rings. The van der Waals surface area contributed by atoms with E-state index in [1.165, 1.54) is 0 Å². The average molecular weight is 436 g/mol. The maximum absolute atomic E-state index is 12.7. The molecule has 4 rings (SSSR count). The highest BCUT2D eigenvalue weighted by molar-refractivity contribution is 5.94. The first kappa shape index (κ1) is 21.8. The van der Waals surface area contributed by atoms with Gasteiger partial charge in [0.2, 0.25) is 5.91 Å². The number of nitrogens with zero attached hydrogens (tertiary/aromatic N) is 6. The van der Waals surface area contributed by atoms with Crippen molar-refractivity contribution in [2.75, 3.05) is 51.7 Å². The number of anilines is 1. The highest BCUT2D eigenvalue weighted by atomic mass is 16.2. The van der Waals surface area contributed by atoms with Crippen LogP contribution in [0.3, 0.4) is 0 Å². The second-order valence-electron chi connectivity index (χ2n) is 8.34. The van der Waals surface area contributed by atoms with E-state index in [4.69, 9.17) is 0 Å². The maximum atomic E-state index is 12.7. The number of amides is 2. The summed E-state index contributed by atoms with van der Waals surface area (Å²) in [6, 6.07) is 7.88. The van der Waals surface area contributed by atoms with Crippen LogP contribution in [-0.2, 0) is 11.3 Å². The van der Waals surface area contributed by atoms with Crippen LogP contribution >= 0.6 is 0 Å². The van der Waals surface area contributed by atoms with Gasteiger partial charge in [0.1, 0.15) is 5.82 Å². The molecule has 9 nitrogen and oxygen atoms in total. The topological polar surface area (TPSA) is 86.1 Å². The van der Waals surface area contributed by atoms with Gasteiger partial charge in [-0.15, -0.1) is 0 Å². The number of aryl methyl sites for hydroxylation is 1. The van der Waals surface area contributed by atoms with E-state index in [0.717, 1.165) is 30.1 Å². The molecule has 0 atom stereocenters. The van der Waals surface area contributed by atoms with Crippen molar-refractivity contribution in [2.45, 2.75) is 13.5 Å². The van der Waals surface area contributed by atoms with Gasteiger partial charge in [-0.2, -0.15) is 0 Å². The molecule has 0 unspecified atom stereocenters. The van der Waals surface area contributed by atoms with Crippen LogP contribution in [0.15, 0.2) is 42.9 Å². The largest absolute Gasteiger partial charge is 0.354 e. The first-order chi connectivity index (χ1) is 15.4. The van der Waals surface area contributed by atoms with Crippen molar-refractivity contribution in [3.63, 3.8) is 0 Å². The zero-order valence-electron chi connectivity index (χ0n) is 18.8. The third-order valence-corrected chi connectivity index (χ3v) is 5.56. The van der Waals surface area contributed by atoms with E-state index < -0.39 is 0 Å². The molecule has 1 N–H and O–H groups in total. The van der Waals surface area contributed by atoms with Crippen LogP contribution in [0, 0.1) is 6.92 Å². The van der Waals surface area contributed by atoms with Crippen LogP contribution in [0.1, 0.15) is 21.7 Å². The van der Waals surface area contributed by atoms with E-state index in [1.807, 2.05) is 59.6 Å². The standard InChI is InChI=1S/C23H29N7O2/c1-17-12-25-19(13-24-17)14-26-23(32)18-4-5-20-6-7-21(30(20)15-18)28-8-10-29(11-9-28)22(31)16-27(2)3/h4-7,12-13,15H,8-11,14,16H2,1-3H3,(H,26,32). The summed E-state index contributed by atoms with van der Waals surface area (Å²) >= 11 is 0. The second-order valence-corrected chi connectivity index (χ2v) is 8.34. The lowest BCUT2D eigenvalue weighted by atomic mass is 10.2. The molecule has 0 saturated carbocycles. The van der Waals surface area contributed by atoms with E-state index >= 15 is 0 Å². The molecule has 168 valence electrons. The third kappa shape index (κ3) is 4.88. The maximum Gasteiger partial charge on any atom is 0.253 e. The second kappa shape index (κ2) is 9.35. The van der Waals surface area contributed by atoms with Gasteiger partial charge >= 0.3 is 0 Å². The van der Waals surface area contributed by atoms with Crippen molar-refractivity contribution in [2.24, 2.45) is 0 Å². The number of rotatable bonds is 6. The number of hydrogen-bond donors (Lipinski definition) is 1. The summed E-state index contributed by atoms with van der Waals surface area (Å²) in [7, 11) is 3.81. The van der Waals surface area contributed by atoms with Crippen molar-refractivity contribution in [1.29, 1.82) is 0 Å². The minimum Gasteiger partial charge on any atom is -0.354 e. The summed E-state index contributed by atoms with van der Waals surface area (Å²) in [5.41, 5.74) is 3.16. The number of fused-ring (bicyclic) bond motifs is 1. The Balaban J connectivity index is 1.43. The van der Waals surface area contributed by atoms with Crippen LogP contribution in [0.4, 0.5) is 5.82 Å². The molecule has 9 heteroatoms. The Kier molecular flexibility index (Phi) is 6.36. The van der Waals surface area contributed by atoms with E-state index in [9.17, 15) is 9.59 Å². The summed E-state index contributed by atoms with van der Waals surface area (Å²) in [4.78, 5) is 39.6. The molecule has 1 aliphatic heterocycles. The smallest absolute Gasteiger partial charge is 0.253 e. The van der Waals surface area contributed by atoms with Gasteiger partial charge in [0.15, 0.2) is 0 Å². The number of nitrogens with one attached hydrogen (secondary N) is 1. The first-order valence-corrected chi connectivity index (χ1v) is 10.7. The average Bonchev–Trinajstić information content (AvgIpc) is 3.21. The molecule has 0 aromatic carbocycles. The Morgan fingerprint density at radius 2 is 1.78 bits per heavy atom. The number of likely N-dealkylation sites (N-methyl/N-ethyl adjacent to an activating group) is 1. The lowest BCUT2D eigenvalue weighted by Gasteiger charge is -2.36. The first-order valence-electron chi connectivity index (χ1n) is 10.7. The van der Waals surface area contributed by atoms with Crippen molar-refractivity contribution in [3.8, 4) is 0 Å². The molecule has 1 fully saturated rings. The third-order valence-electron chi connectivity index (χ3n) is 5.56. The number of carbonyl (C=O) groups excluding carboxylic acids is 2. The van der Waals surface area contributed by atoms with E-state index in [0.29, 0.717) is 37.4 Å². The molecule has 2 amide bonds. The Morgan fingerprint density at radius 1 is 1.03 bits per heavy atom. The molecule has 0 spiro atoms. The summed E-state index contributed by atoms with van der Waals surface area (Å²) in [6.45, 7) is 5.53. The molecule has 0 radical (unpaired) electrons. The fourth-order valence-electron chi connectivity index (χ4n) is 3.82. The van der Waals surface area contributed by atoms with Gasteiger partial charge in [0.05, 0.1) is 36.2 Å². The van der Waals surface area contributed by atoms with Crippen LogP contribution < -0.4 is 10.2 Å². The molecule has 1 saturated heterocycles. The van der Waals surface area contributed by atoms with Crippen molar-refractivity contribution >= 4 is 23.1 Å². The SMILES string of the molecule is Cc1cnc(CNC(=O)c2ccc3ccc(N4CCN(C(=O)CN(C)C)CC4)n3c2)cn1. The van der Waals surface area contributed by atoms with E-state index in [-0.39, 0.29) is 11.8 Å². The van der Waals surface area contributed by atoms with Crippen LogP contribution in [-0.4, -0.2) is 82.8 Å². The number of hydrogen-bond acceptors (Lipinski definition) is 6. The number of aromatic nitrogens is 3. The van der Waals surface area contributed by atoms with Crippen molar-refractivity contribution in [1.82, 2.24) is 29.5 Å². The molecular formula is C23H29N7O2. The van der Waals surface area contributed by atoms with Crippen LogP contribution in [0.25, 0.3) is 5.52 Å². The minimum atomic E-state index is -0.159. The van der Waals surface area contributed by atoms with Gasteiger partial charge in [-0.25, -0.2) is 0 Å².